The van der Waals surface area contributed by atoms with Crippen molar-refractivity contribution in [2.45, 2.75) is 51.2 Å². The van der Waals surface area contributed by atoms with Crippen molar-refractivity contribution in [3.63, 3.8) is 0 Å². The number of nitriles is 1. The van der Waals surface area contributed by atoms with Crippen molar-refractivity contribution >= 4 is 10.0 Å². The zero-order chi connectivity index (χ0) is 12.9. The molecule has 0 aliphatic carbocycles. The highest BCUT2D eigenvalue weighted by Crippen LogP contribution is 2.24. The Hall–Kier alpha value is -0.600. The van der Waals surface area contributed by atoms with Gasteiger partial charge in [0.25, 0.3) is 0 Å². The first kappa shape index (κ1) is 14.5. The highest BCUT2D eigenvalue weighted by Gasteiger charge is 2.30. The molecule has 0 amide bonds. The Morgan fingerprint density at radius 1 is 1.41 bits per heavy atom. The van der Waals surface area contributed by atoms with Gasteiger partial charge in [0.1, 0.15) is 0 Å². The molecular weight excluding hydrogens is 236 g/mol. The molecule has 4 nitrogen and oxygen atoms in total. The van der Waals surface area contributed by atoms with Crippen molar-refractivity contribution in [1.29, 1.82) is 5.26 Å². The van der Waals surface area contributed by atoms with Crippen molar-refractivity contribution in [2.75, 3.05) is 13.1 Å². The Morgan fingerprint density at radius 2 is 2.12 bits per heavy atom. The summed E-state index contributed by atoms with van der Waals surface area (Å²) in [5.41, 5.74) is 0. The summed E-state index contributed by atoms with van der Waals surface area (Å²) in [6, 6.07) is 1.83. The molecule has 17 heavy (non-hydrogen) atoms. The largest absolute Gasteiger partial charge is 0.230 e. The van der Waals surface area contributed by atoms with Gasteiger partial charge in [-0.25, -0.2) is 12.7 Å². The zero-order valence-electron chi connectivity index (χ0n) is 10.7. The second kappa shape index (κ2) is 6.36. The minimum absolute atomic E-state index is 0.578. The molecule has 5 heteroatoms. The van der Waals surface area contributed by atoms with E-state index in [4.69, 9.17) is 5.26 Å². The molecule has 0 spiro atoms. The molecule has 98 valence electrons. The number of rotatable bonds is 4. The van der Waals surface area contributed by atoms with Gasteiger partial charge >= 0.3 is 0 Å². The molecule has 1 fully saturated rings. The molecule has 1 rings (SSSR count). The molecule has 1 heterocycles. The second-order valence-electron chi connectivity index (χ2n) is 4.80. The molecular formula is C12H22N2O2S. The van der Waals surface area contributed by atoms with Crippen molar-refractivity contribution < 1.29 is 8.42 Å². The summed E-state index contributed by atoms with van der Waals surface area (Å²) in [6.07, 6.45) is 5.31. The molecule has 1 saturated heterocycles. The van der Waals surface area contributed by atoms with Crippen molar-refractivity contribution in [3.8, 4) is 6.07 Å². The van der Waals surface area contributed by atoms with E-state index in [1.54, 1.807) is 0 Å². The average molecular weight is 258 g/mol. The smallest absolute Gasteiger partial charge is 0.211 e. The molecule has 1 aliphatic rings. The standard InChI is InChI=1S/C12H22N2O2S/c1-3-5-12-6-4-8-14(9-7-12)17(15,16)11(2)10-13/h11-12H,3-9H2,1-2H3. The van der Waals surface area contributed by atoms with Crippen LogP contribution in [0.5, 0.6) is 0 Å². The van der Waals surface area contributed by atoms with Gasteiger partial charge in [-0.1, -0.05) is 19.8 Å². The molecule has 0 radical (unpaired) electrons. The van der Waals surface area contributed by atoms with E-state index in [0.29, 0.717) is 19.0 Å². The Kier molecular flexibility index (Phi) is 5.41. The lowest BCUT2D eigenvalue weighted by Crippen LogP contribution is -2.37. The summed E-state index contributed by atoms with van der Waals surface area (Å²) in [5.74, 6) is 0.651. The van der Waals surface area contributed by atoms with Gasteiger partial charge in [0.05, 0.1) is 6.07 Å². The topological polar surface area (TPSA) is 61.2 Å². The molecule has 2 atom stereocenters. The van der Waals surface area contributed by atoms with Crippen LogP contribution in [0, 0.1) is 17.2 Å². The van der Waals surface area contributed by atoms with Crippen LogP contribution in [0.4, 0.5) is 0 Å². The van der Waals surface area contributed by atoms with Crippen molar-refractivity contribution in [2.24, 2.45) is 5.92 Å². The lowest BCUT2D eigenvalue weighted by molar-refractivity contribution is 0.398. The quantitative estimate of drug-likeness (QED) is 0.776. The molecule has 0 saturated carbocycles. The zero-order valence-corrected chi connectivity index (χ0v) is 11.5. The monoisotopic (exact) mass is 258 g/mol. The Morgan fingerprint density at radius 3 is 2.71 bits per heavy atom. The van der Waals surface area contributed by atoms with E-state index in [1.165, 1.54) is 17.6 Å². The van der Waals surface area contributed by atoms with Gasteiger partial charge in [0.15, 0.2) is 5.25 Å². The van der Waals surface area contributed by atoms with E-state index in [9.17, 15) is 8.42 Å². The second-order valence-corrected chi connectivity index (χ2v) is 7.05. The van der Waals surface area contributed by atoms with E-state index >= 15 is 0 Å². The van der Waals surface area contributed by atoms with Crippen LogP contribution in [0.25, 0.3) is 0 Å². The maximum absolute atomic E-state index is 12.0. The maximum atomic E-state index is 12.0. The molecule has 2 unspecified atom stereocenters. The Labute approximate surface area is 105 Å². The van der Waals surface area contributed by atoms with E-state index in [2.05, 4.69) is 6.92 Å². The predicted molar refractivity (Wildman–Crippen MR) is 67.8 cm³/mol. The van der Waals surface area contributed by atoms with Gasteiger partial charge < -0.3 is 0 Å². The first-order chi connectivity index (χ1) is 8.02. The van der Waals surface area contributed by atoms with Gasteiger partial charge in [0, 0.05) is 13.1 Å². The number of sulfonamides is 1. The van der Waals surface area contributed by atoms with Crippen LogP contribution >= 0.6 is 0 Å². The fraction of sp³-hybridized carbons (Fsp3) is 0.917. The summed E-state index contributed by atoms with van der Waals surface area (Å²) >= 11 is 0. The lowest BCUT2D eigenvalue weighted by Gasteiger charge is -2.21. The first-order valence-corrected chi connectivity index (χ1v) is 7.91. The molecule has 0 aromatic rings. The summed E-state index contributed by atoms with van der Waals surface area (Å²) in [7, 11) is -3.40. The van der Waals surface area contributed by atoms with Gasteiger partial charge in [0.2, 0.25) is 10.0 Å². The van der Waals surface area contributed by atoms with E-state index in [-0.39, 0.29) is 0 Å². The third-order valence-corrected chi connectivity index (χ3v) is 5.58. The first-order valence-electron chi connectivity index (χ1n) is 6.41. The highest BCUT2D eigenvalue weighted by atomic mass is 32.2. The van der Waals surface area contributed by atoms with Crippen molar-refractivity contribution in [1.82, 2.24) is 4.31 Å². The van der Waals surface area contributed by atoms with Gasteiger partial charge in [-0.2, -0.15) is 5.26 Å². The predicted octanol–water partition coefficient (Wildman–Crippen LogP) is 2.13. The van der Waals surface area contributed by atoms with Crippen LogP contribution in [0.2, 0.25) is 0 Å². The third-order valence-electron chi connectivity index (χ3n) is 3.49. The van der Waals surface area contributed by atoms with Crippen molar-refractivity contribution in [3.05, 3.63) is 0 Å². The fourth-order valence-electron chi connectivity index (χ4n) is 2.38. The van der Waals surface area contributed by atoms with Crippen LogP contribution in [0.15, 0.2) is 0 Å². The summed E-state index contributed by atoms with van der Waals surface area (Å²) in [6.45, 7) is 4.79. The normalized spacial score (nSPS) is 24.9. The lowest BCUT2D eigenvalue weighted by atomic mass is 9.96. The average Bonchev–Trinajstić information content (AvgIpc) is 2.54. The SMILES string of the molecule is CCCC1CCCN(S(=O)(=O)C(C)C#N)CC1. The van der Waals surface area contributed by atoms with Crippen LogP contribution in [-0.2, 0) is 10.0 Å². The Balaban J connectivity index is 2.66. The minimum Gasteiger partial charge on any atom is -0.211 e. The molecule has 0 N–H and O–H groups in total. The molecule has 1 aliphatic heterocycles. The number of nitrogens with zero attached hydrogens (tertiary/aromatic N) is 2. The third kappa shape index (κ3) is 3.68. The summed E-state index contributed by atoms with van der Waals surface area (Å²) in [5, 5.41) is 7.83. The van der Waals surface area contributed by atoms with Crippen LogP contribution in [0.1, 0.15) is 46.0 Å². The summed E-state index contributed by atoms with van der Waals surface area (Å²) in [4.78, 5) is 0. The molecule has 0 aromatic heterocycles. The molecule has 0 bridgehead atoms. The van der Waals surface area contributed by atoms with Gasteiger partial charge in [-0.15, -0.1) is 0 Å². The number of hydrogen-bond donors (Lipinski definition) is 0. The summed E-state index contributed by atoms with van der Waals surface area (Å²) < 4.78 is 25.6. The van der Waals surface area contributed by atoms with Crippen LogP contribution < -0.4 is 0 Å². The Bertz CT molecular complexity index is 372. The van der Waals surface area contributed by atoms with Gasteiger partial charge in [-0.05, 0) is 32.1 Å². The number of hydrogen-bond acceptors (Lipinski definition) is 3. The highest BCUT2D eigenvalue weighted by molar-refractivity contribution is 7.89. The maximum Gasteiger partial charge on any atom is 0.230 e. The minimum atomic E-state index is -3.40. The molecule has 0 aromatic carbocycles. The van der Waals surface area contributed by atoms with E-state index < -0.39 is 15.3 Å². The van der Waals surface area contributed by atoms with Crippen LogP contribution in [0.3, 0.4) is 0 Å². The van der Waals surface area contributed by atoms with E-state index in [0.717, 1.165) is 25.7 Å². The van der Waals surface area contributed by atoms with Gasteiger partial charge in [-0.3, -0.25) is 0 Å². The van der Waals surface area contributed by atoms with E-state index in [1.807, 2.05) is 6.07 Å². The van der Waals surface area contributed by atoms with Crippen LogP contribution in [-0.4, -0.2) is 31.1 Å². The fourth-order valence-corrected chi connectivity index (χ4v) is 3.70.